The average molecular weight is 166 g/mol. The number of halogens is 1. The molecule has 1 aromatic rings. The first-order valence-corrected chi connectivity index (χ1v) is 4.23. The molecule has 0 saturated heterocycles. The molecular weight excluding hydrogens is 155 g/mol. The maximum absolute atomic E-state index is 12.5. The molecule has 1 aliphatic carbocycles. The van der Waals surface area contributed by atoms with E-state index in [1.807, 2.05) is 0 Å². The van der Waals surface area contributed by atoms with Crippen molar-refractivity contribution in [3.63, 3.8) is 0 Å². The topological polar surface area (TPSA) is 20.2 Å². The molecule has 0 aliphatic heterocycles. The highest BCUT2D eigenvalue weighted by atomic mass is 19.1. The van der Waals surface area contributed by atoms with E-state index in [2.05, 4.69) is 0 Å². The average Bonchev–Trinajstić information content (AvgIpc) is 2.79. The van der Waals surface area contributed by atoms with Gasteiger partial charge in [-0.2, -0.15) is 0 Å². The van der Waals surface area contributed by atoms with E-state index in [1.165, 1.54) is 25.0 Å². The van der Waals surface area contributed by atoms with Gasteiger partial charge in [-0.15, -0.1) is 0 Å². The van der Waals surface area contributed by atoms with Crippen LogP contribution in [0.1, 0.15) is 18.4 Å². The molecule has 2 heteroatoms. The highest BCUT2D eigenvalue weighted by Crippen LogP contribution is 2.34. The zero-order chi connectivity index (χ0) is 8.55. The van der Waals surface area contributed by atoms with Gasteiger partial charge in [0.15, 0.2) is 0 Å². The van der Waals surface area contributed by atoms with Gasteiger partial charge in [0.25, 0.3) is 0 Å². The molecule has 1 fully saturated rings. The van der Waals surface area contributed by atoms with Crippen LogP contribution in [0.25, 0.3) is 0 Å². The summed E-state index contributed by atoms with van der Waals surface area (Å²) in [6, 6.07) is 4.25. The molecule has 0 unspecified atom stereocenters. The van der Waals surface area contributed by atoms with Crippen LogP contribution < -0.4 is 0 Å². The van der Waals surface area contributed by atoms with Gasteiger partial charge in [-0.3, -0.25) is 0 Å². The number of phenolic OH excluding ortho intramolecular Hbond substituents is 1. The molecule has 0 amide bonds. The van der Waals surface area contributed by atoms with Crippen LogP contribution in [0.2, 0.25) is 0 Å². The van der Waals surface area contributed by atoms with Gasteiger partial charge < -0.3 is 5.11 Å². The number of benzene rings is 1. The first-order chi connectivity index (χ1) is 5.75. The summed E-state index contributed by atoms with van der Waals surface area (Å²) in [5.41, 5.74) is 0.874. The second kappa shape index (κ2) is 2.77. The fourth-order valence-corrected chi connectivity index (χ4v) is 1.34. The number of phenols is 1. The van der Waals surface area contributed by atoms with Crippen LogP contribution in [0.3, 0.4) is 0 Å². The van der Waals surface area contributed by atoms with Gasteiger partial charge in [0.1, 0.15) is 11.6 Å². The quantitative estimate of drug-likeness (QED) is 0.715. The number of hydrogen-bond acceptors (Lipinski definition) is 1. The third kappa shape index (κ3) is 1.58. The first kappa shape index (κ1) is 7.59. The number of rotatable bonds is 2. The first-order valence-electron chi connectivity index (χ1n) is 4.23. The van der Waals surface area contributed by atoms with Gasteiger partial charge in [-0.05, 0) is 36.8 Å². The molecule has 0 aromatic heterocycles. The predicted molar refractivity (Wildman–Crippen MR) is 44.5 cm³/mol. The summed E-state index contributed by atoms with van der Waals surface area (Å²) in [7, 11) is 0. The molecule has 0 radical (unpaired) electrons. The van der Waals surface area contributed by atoms with Crippen LogP contribution in [0, 0.1) is 11.7 Å². The van der Waals surface area contributed by atoms with E-state index in [0.717, 1.165) is 17.9 Å². The maximum atomic E-state index is 12.5. The van der Waals surface area contributed by atoms with Gasteiger partial charge in [0.05, 0.1) is 0 Å². The summed E-state index contributed by atoms with van der Waals surface area (Å²) in [6.07, 6.45) is 3.39. The molecule has 1 aromatic carbocycles. The molecule has 64 valence electrons. The molecule has 1 aliphatic rings. The lowest BCUT2D eigenvalue weighted by atomic mass is 10.1. The van der Waals surface area contributed by atoms with E-state index >= 15 is 0 Å². The largest absolute Gasteiger partial charge is 0.508 e. The van der Waals surface area contributed by atoms with Crippen LogP contribution >= 0.6 is 0 Å². The molecule has 0 heterocycles. The fraction of sp³-hybridized carbons (Fsp3) is 0.400. The monoisotopic (exact) mass is 166 g/mol. The van der Waals surface area contributed by atoms with E-state index in [9.17, 15) is 9.50 Å². The Hall–Kier alpha value is -1.05. The Bertz CT molecular complexity index is 292. The molecular formula is C10H11FO. The zero-order valence-corrected chi connectivity index (χ0v) is 6.76. The smallest absolute Gasteiger partial charge is 0.126 e. The van der Waals surface area contributed by atoms with Gasteiger partial charge >= 0.3 is 0 Å². The van der Waals surface area contributed by atoms with E-state index in [4.69, 9.17) is 0 Å². The minimum absolute atomic E-state index is 0.0990. The SMILES string of the molecule is Oc1cc(F)ccc1CC1CC1. The lowest BCUT2D eigenvalue weighted by molar-refractivity contribution is 0.460. The Balaban J connectivity index is 2.18. The van der Waals surface area contributed by atoms with Crippen molar-refractivity contribution in [3.8, 4) is 5.75 Å². The van der Waals surface area contributed by atoms with Crippen molar-refractivity contribution in [2.75, 3.05) is 0 Å². The lowest BCUT2D eigenvalue weighted by Crippen LogP contribution is -1.88. The number of hydrogen-bond donors (Lipinski definition) is 1. The molecule has 0 atom stereocenters. The standard InChI is InChI=1S/C10H11FO/c11-9-4-3-8(10(12)6-9)5-7-1-2-7/h3-4,6-7,12H,1-2,5H2. The van der Waals surface area contributed by atoms with E-state index < -0.39 is 0 Å². The maximum Gasteiger partial charge on any atom is 0.126 e. The Morgan fingerprint density at radius 3 is 2.75 bits per heavy atom. The normalized spacial score (nSPS) is 16.4. The van der Waals surface area contributed by atoms with Crippen molar-refractivity contribution >= 4 is 0 Å². The Kier molecular flexibility index (Phi) is 1.75. The highest BCUT2D eigenvalue weighted by Gasteiger charge is 2.22. The van der Waals surface area contributed by atoms with Crippen molar-refractivity contribution in [1.29, 1.82) is 0 Å². The van der Waals surface area contributed by atoms with Crippen LogP contribution in [-0.2, 0) is 6.42 Å². The molecule has 0 spiro atoms. The molecule has 1 nitrogen and oxygen atoms in total. The Morgan fingerprint density at radius 2 is 2.17 bits per heavy atom. The summed E-state index contributed by atoms with van der Waals surface area (Å²) in [5, 5.41) is 9.33. The van der Waals surface area contributed by atoms with Crippen LogP contribution in [-0.4, -0.2) is 5.11 Å². The molecule has 2 rings (SSSR count). The van der Waals surface area contributed by atoms with Crippen LogP contribution in [0.5, 0.6) is 5.75 Å². The van der Waals surface area contributed by atoms with Crippen molar-refractivity contribution in [3.05, 3.63) is 29.6 Å². The summed E-state index contributed by atoms with van der Waals surface area (Å²) in [6.45, 7) is 0. The van der Waals surface area contributed by atoms with Crippen LogP contribution in [0.4, 0.5) is 4.39 Å². The van der Waals surface area contributed by atoms with E-state index in [-0.39, 0.29) is 11.6 Å². The highest BCUT2D eigenvalue weighted by molar-refractivity contribution is 5.33. The summed E-state index contributed by atoms with van der Waals surface area (Å²) >= 11 is 0. The van der Waals surface area contributed by atoms with Crippen molar-refractivity contribution in [2.24, 2.45) is 5.92 Å². The molecule has 0 bridgehead atoms. The molecule has 1 N–H and O–H groups in total. The van der Waals surface area contributed by atoms with Gasteiger partial charge in [0, 0.05) is 6.07 Å². The third-order valence-electron chi connectivity index (χ3n) is 2.25. The fourth-order valence-electron chi connectivity index (χ4n) is 1.34. The van der Waals surface area contributed by atoms with Crippen molar-refractivity contribution in [2.45, 2.75) is 19.3 Å². The molecule has 1 saturated carbocycles. The summed E-state index contributed by atoms with van der Waals surface area (Å²) in [5.74, 6) is 0.454. The second-order valence-corrected chi connectivity index (χ2v) is 3.42. The van der Waals surface area contributed by atoms with Crippen molar-refractivity contribution < 1.29 is 9.50 Å². The van der Waals surface area contributed by atoms with Crippen LogP contribution in [0.15, 0.2) is 18.2 Å². The minimum Gasteiger partial charge on any atom is -0.508 e. The summed E-state index contributed by atoms with van der Waals surface area (Å²) < 4.78 is 12.5. The Labute approximate surface area is 70.8 Å². The number of aromatic hydroxyl groups is 1. The minimum atomic E-state index is -0.368. The van der Waals surface area contributed by atoms with Gasteiger partial charge in [-0.25, -0.2) is 4.39 Å². The van der Waals surface area contributed by atoms with Gasteiger partial charge in [0.2, 0.25) is 0 Å². The van der Waals surface area contributed by atoms with Gasteiger partial charge in [-0.1, -0.05) is 6.07 Å². The predicted octanol–water partition coefficient (Wildman–Crippen LogP) is 2.48. The molecule has 12 heavy (non-hydrogen) atoms. The summed E-state index contributed by atoms with van der Waals surface area (Å²) in [4.78, 5) is 0. The van der Waals surface area contributed by atoms with E-state index in [0.29, 0.717) is 0 Å². The lowest BCUT2D eigenvalue weighted by Gasteiger charge is -2.02. The third-order valence-corrected chi connectivity index (χ3v) is 2.25. The zero-order valence-electron chi connectivity index (χ0n) is 6.76. The second-order valence-electron chi connectivity index (χ2n) is 3.42. The van der Waals surface area contributed by atoms with Crippen molar-refractivity contribution in [1.82, 2.24) is 0 Å². The Morgan fingerprint density at radius 1 is 1.42 bits per heavy atom. The van der Waals surface area contributed by atoms with E-state index in [1.54, 1.807) is 6.07 Å².